The Morgan fingerprint density at radius 1 is 1.00 bits per heavy atom. The molecule has 0 atom stereocenters. The van der Waals surface area contributed by atoms with E-state index in [1.165, 1.54) is 23.5 Å². The first-order valence-electron chi connectivity index (χ1n) is 9.79. The summed E-state index contributed by atoms with van der Waals surface area (Å²) < 4.78 is 16.4. The van der Waals surface area contributed by atoms with Gasteiger partial charge in [0.1, 0.15) is 11.5 Å². The number of carbonyl (C=O) groups is 2. The van der Waals surface area contributed by atoms with Crippen LogP contribution in [-0.2, 0) is 14.3 Å². The lowest BCUT2D eigenvalue weighted by molar-refractivity contribution is -0.149. The third-order valence-electron chi connectivity index (χ3n) is 4.16. The number of amides is 1. The van der Waals surface area contributed by atoms with Gasteiger partial charge in [0, 0.05) is 0 Å². The van der Waals surface area contributed by atoms with Crippen LogP contribution in [-0.4, -0.2) is 43.2 Å². The second-order valence-corrected chi connectivity index (χ2v) is 9.15. The van der Waals surface area contributed by atoms with Crippen molar-refractivity contribution in [3.8, 4) is 11.5 Å². The van der Waals surface area contributed by atoms with E-state index in [9.17, 15) is 9.59 Å². The molecule has 1 aliphatic rings. The van der Waals surface area contributed by atoms with E-state index in [1.807, 2.05) is 60.8 Å². The highest BCUT2D eigenvalue weighted by Crippen LogP contribution is 2.43. The highest BCUT2D eigenvalue weighted by Gasteiger charge is 2.16. The van der Waals surface area contributed by atoms with E-state index in [4.69, 9.17) is 14.2 Å². The average Bonchev–Trinajstić information content (AvgIpc) is 2.79. The van der Waals surface area contributed by atoms with Crippen molar-refractivity contribution in [3.05, 3.63) is 54.1 Å². The molecular formula is C22H25NO5S2. The van der Waals surface area contributed by atoms with Crippen molar-refractivity contribution >= 4 is 41.1 Å². The van der Waals surface area contributed by atoms with Crippen molar-refractivity contribution in [2.75, 3.05) is 36.6 Å². The van der Waals surface area contributed by atoms with Gasteiger partial charge in [-0.05, 0) is 54.7 Å². The molecule has 0 bridgehead atoms. The lowest BCUT2D eigenvalue weighted by Crippen LogP contribution is -2.23. The van der Waals surface area contributed by atoms with Gasteiger partial charge in [-0.3, -0.25) is 4.79 Å². The average molecular weight is 448 g/mol. The number of hydrogen-bond donors (Lipinski definition) is 1. The van der Waals surface area contributed by atoms with Gasteiger partial charge < -0.3 is 19.5 Å². The third kappa shape index (κ3) is 6.88. The molecule has 0 aromatic heterocycles. The first kappa shape index (κ1) is 22.4. The lowest BCUT2D eigenvalue weighted by atomic mass is 10.2. The Kier molecular flexibility index (Phi) is 8.77. The van der Waals surface area contributed by atoms with Gasteiger partial charge in [-0.2, -0.15) is 0 Å². The van der Waals surface area contributed by atoms with Crippen LogP contribution in [0.1, 0.15) is 23.5 Å². The molecule has 0 unspecified atom stereocenters. The van der Waals surface area contributed by atoms with Crippen LogP contribution in [0.3, 0.4) is 0 Å². The topological polar surface area (TPSA) is 73.9 Å². The molecule has 0 radical (unpaired) electrons. The van der Waals surface area contributed by atoms with Crippen LogP contribution in [0.15, 0.2) is 48.5 Å². The van der Waals surface area contributed by atoms with Crippen LogP contribution in [0.5, 0.6) is 11.5 Å². The second kappa shape index (κ2) is 11.8. The van der Waals surface area contributed by atoms with Crippen LogP contribution in [0.2, 0.25) is 0 Å². The highest BCUT2D eigenvalue weighted by molar-refractivity contribution is 8.16. The summed E-state index contributed by atoms with van der Waals surface area (Å²) in [5, 5.41) is 2.68. The number of rotatable bonds is 9. The Balaban J connectivity index is 1.40. The van der Waals surface area contributed by atoms with Gasteiger partial charge in [-0.25, -0.2) is 4.79 Å². The van der Waals surface area contributed by atoms with Gasteiger partial charge >= 0.3 is 5.97 Å². The smallest absolute Gasteiger partial charge is 0.344 e. The Morgan fingerprint density at radius 3 is 2.47 bits per heavy atom. The first-order valence-corrected chi connectivity index (χ1v) is 11.9. The molecule has 1 fully saturated rings. The molecule has 160 valence electrons. The number of carbonyl (C=O) groups excluding carboxylic acids is 2. The maximum Gasteiger partial charge on any atom is 0.344 e. The van der Waals surface area contributed by atoms with Gasteiger partial charge in [0.05, 0.1) is 16.9 Å². The number of nitrogens with one attached hydrogen (secondary N) is 1. The molecule has 0 saturated carbocycles. The molecule has 30 heavy (non-hydrogen) atoms. The van der Waals surface area contributed by atoms with Crippen LogP contribution < -0.4 is 14.8 Å². The van der Waals surface area contributed by atoms with Crippen molar-refractivity contribution in [2.24, 2.45) is 0 Å². The van der Waals surface area contributed by atoms with Crippen molar-refractivity contribution in [1.29, 1.82) is 0 Å². The molecule has 2 aromatic rings. The molecule has 2 aromatic carbocycles. The number of ether oxygens (including phenoxy) is 3. The predicted octanol–water partition coefficient (Wildman–Crippen LogP) is 4.51. The summed E-state index contributed by atoms with van der Waals surface area (Å²) in [6.07, 6.45) is 1.26. The highest BCUT2D eigenvalue weighted by atomic mass is 32.2. The van der Waals surface area contributed by atoms with Crippen LogP contribution in [0.25, 0.3) is 0 Å². The number of para-hydroxylation sites is 2. The number of esters is 1. The number of thioether (sulfide) groups is 2. The molecule has 0 spiro atoms. The first-order chi connectivity index (χ1) is 14.7. The molecule has 1 amide bonds. The summed E-state index contributed by atoms with van der Waals surface area (Å²) in [7, 11) is 0. The van der Waals surface area contributed by atoms with E-state index in [-0.39, 0.29) is 6.61 Å². The zero-order valence-corrected chi connectivity index (χ0v) is 18.4. The van der Waals surface area contributed by atoms with E-state index < -0.39 is 18.5 Å². The van der Waals surface area contributed by atoms with Crippen molar-refractivity contribution < 1.29 is 23.8 Å². The Bertz CT molecular complexity index is 838. The number of anilines is 1. The Hall–Kier alpha value is -2.32. The summed E-state index contributed by atoms with van der Waals surface area (Å²) in [5.41, 5.74) is 1.79. The quantitative estimate of drug-likeness (QED) is 0.567. The molecule has 1 N–H and O–H groups in total. The number of hydrogen-bond acceptors (Lipinski definition) is 7. The summed E-state index contributed by atoms with van der Waals surface area (Å²) >= 11 is 3.91. The fourth-order valence-corrected chi connectivity index (χ4v) is 5.66. The zero-order chi connectivity index (χ0) is 21.2. The van der Waals surface area contributed by atoms with Crippen molar-refractivity contribution in [3.63, 3.8) is 0 Å². The molecule has 0 aliphatic carbocycles. The normalized spacial score (nSPS) is 14.0. The van der Waals surface area contributed by atoms with Crippen LogP contribution in [0, 0.1) is 0 Å². The molecule has 8 heteroatoms. The van der Waals surface area contributed by atoms with E-state index in [1.54, 1.807) is 18.2 Å². The Morgan fingerprint density at radius 2 is 1.73 bits per heavy atom. The molecule has 3 rings (SSSR count). The monoisotopic (exact) mass is 447 g/mol. The lowest BCUT2D eigenvalue weighted by Gasteiger charge is -2.21. The predicted molar refractivity (Wildman–Crippen MR) is 121 cm³/mol. The van der Waals surface area contributed by atoms with Gasteiger partial charge in [0.15, 0.2) is 13.2 Å². The van der Waals surface area contributed by atoms with E-state index in [2.05, 4.69) is 5.32 Å². The summed E-state index contributed by atoms with van der Waals surface area (Å²) in [6.45, 7) is 1.70. The van der Waals surface area contributed by atoms with E-state index >= 15 is 0 Å². The maximum absolute atomic E-state index is 12.0. The molecular weight excluding hydrogens is 422 g/mol. The van der Waals surface area contributed by atoms with Gasteiger partial charge in [0.2, 0.25) is 0 Å². The van der Waals surface area contributed by atoms with Crippen molar-refractivity contribution in [1.82, 2.24) is 0 Å². The van der Waals surface area contributed by atoms with Gasteiger partial charge in [-0.1, -0.05) is 24.3 Å². The summed E-state index contributed by atoms with van der Waals surface area (Å²) in [4.78, 5) is 23.9. The van der Waals surface area contributed by atoms with Crippen LogP contribution >= 0.6 is 23.5 Å². The SMILES string of the molecule is CCOc1ccccc1NC(=O)COC(=O)COc1ccc(C2SCCCS2)cc1. The third-order valence-corrected chi connectivity index (χ3v) is 7.18. The minimum absolute atomic E-state index is 0.255. The standard InChI is InChI=1S/C22H25NO5S2/c1-2-26-19-7-4-3-6-18(19)23-20(24)14-28-21(25)15-27-17-10-8-16(9-11-17)22-29-12-5-13-30-22/h3-4,6-11,22H,2,5,12-15H2,1H3,(H,23,24). The zero-order valence-electron chi connectivity index (χ0n) is 16.8. The van der Waals surface area contributed by atoms with E-state index in [0.29, 0.717) is 28.4 Å². The fourth-order valence-electron chi connectivity index (χ4n) is 2.77. The second-order valence-electron chi connectivity index (χ2n) is 6.42. The molecule has 6 nitrogen and oxygen atoms in total. The van der Waals surface area contributed by atoms with Crippen LogP contribution in [0.4, 0.5) is 5.69 Å². The fraction of sp³-hybridized carbons (Fsp3) is 0.364. The Labute approximate surface area is 185 Å². The van der Waals surface area contributed by atoms with Gasteiger partial charge in [0.25, 0.3) is 5.91 Å². The van der Waals surface area contributed by atoms with Gasteiger partial charge in [-0.15, -0.1) is 23.5 Å². The minimum Gasteiger partial charge on any atom is -0.492 e. The molecule has 1 aliphatic heterocycles. The minimum atomic E-state index is -0.606. The summed E-state index contributed by atoms with van der Waals surface area (Å²) in [6, 6.07) is 14.9. The molecule has 1 heterocycles. The van der Waals surface area contributed by atoms with E-state index in [0.717, 1.165) is 0 Å². The largest absolute Gasteiger partial charge is 0.492 e. The summed E-state index contributed by atoms with van der Waals surface area (Å²) in [5.74, 6) is 2.49. The van der Waals surface area contributed by atoms with Crippen molar-refractivity contribution in [2.45, 2.75) is 17.9 Å². The molecule has 1 saturated heterocycles. The maximum atomic E-state index is 12.0. The number of benzene rings is 2.